The van der Waals surface area contributed by atoms with Gasteiger partial charge in [-0.15, -0.1) is 0 Å². The fraction of sp³-hybridized carbons (Fsp3) is 0.118. The summed E-state index contributed by atoms with van der Waals surface area (Å²) in [4.78, 5) is 49.6. The van der Waals surface area contributed by atoms with Gasteiger partial charge >= 0.3 is 11.9 Å². The van der Waals surface area contributed by atoms with Gasteiger partial charge in [0, 0.05) is 64.4 Å². The number of carbonyl (C=O) groups excluding carboxylic acids is 2. The van der Waals surface area contributed by atoms with Crippen LogP contribution in [0.2, 0.25) is 0 Å². The van der Waals surface area contributed by atoms with Gasteiger partial charge in [-0.05, 0) is 157 Å². The van der Waals surface area contributed by atoms with Crippen LogP contribution < -0.4 is 11.5 Å². The molecular formula is C51H46N6O6. The molecule has 0 saturated carbocycles. The number of pyridine rings is 1. The number of carbonyl (C=O) groups is 4. The normalized spacial score (nSPS) is 10.8. The van der Waals surface area contributed by atoms with E-state index in [4.69, 9.17) is 11.5 Å². The van der Waals surface area contributed by atoms with Crippen molar-refractivity contribution >= 4 is 23.8 Å². The molecule has 0 aliphatic heterocycles. The van der Waals surface area contributed by atoms with Crippen LogP contribution in [0.15, 0.2) is 158 Å². The van der Waals surface area contributed by atoms with Crippen LogP contribution in [0.5, 0.6) is 0 Å². The summed E-state index contributed by atoms with van der Waals surface area (Å²) in [7, 11) is 0. The van der Waals surface area contributed by atoms with Gasteiger partial charge < -0.3 is 35.4 Å². The summed E-state index contributed by atoms with van der Waals surface area (Å²) in [5.74, 6) is -2.65. The zero-order valence-corrected chi connectivity index (χ0v) is 34.8. The minimum Gasteiger partial charge on any atom is -0.481 e. The first-order valence-corrected chi connectivity index (χ1v) is 20.3. The number of carboxylic acid groups (broad SMARTS) is 2. The molecule has 63 heavy (non-hydrogen) atoms. The number of hydrogen-bond donors (Lipinski definition) is 4. The largest absolute Gasteiger partial charge is 0.481 e. The van der Waals surface area contributed by atoms with Crippen LogP contribution in [0.1, 0.15) is 56.1 Å². The quantitative estimate of drug-likeness (QED) is 0.0841. The minimum absolute atomic E-state index is 0.0306. The highest BCUT2D eigenvalue weighted by molar-refractivity contribution is 5.94. The molecule has 4 aromatic carbocycles. The molecule has 0 aliphatic rings. The molecule has 0 fully saturated rings. The highest BCUT2D eigenvalue weighted by atomic mass is 16.4. The number of aromatic nitrogens is 4. The predicted octanol–water partition coefficient (Wildman–Crippen LogP) is 8.99. The second-order valence-corrected chi connectivity index (χ2v) is 15.1. The van der Waals surface area contributed by atoms with Crippen molar-refractivity contribution in [1.82, 2.24) is 18.7 Å². The Hall–Kier alpha value is -8.25. The van der Waals surface area contributed by atoms with E-state index in [0.717, 1.165) is 73.2 Å². The summed E-state index contributed by atoms with van der Waals surface area (Å²) in [6.07, 6.45) is 8.37. The zero-order chi connectivity index (χ0) is 44.6. The van der Waals surface area contributed by atoms with E-state index in [9.17, 15) is 29.4 Å². The van der Waals surface area contributed by atoms with Gasteiger partial charge in [-0.2, -0.15) is 0 Å². The fourth-order valence-electron chi connectivity index (χ4n) is 7.65. The Bertz CT molecular complexity index is 2910. The molecule has 4 heterocycles. The first kappa shape index (κ1) is 42.9. The lowest BCUT2D eigenvalue weighted by atomic mass is 10.0. The van der Waals surface area contributed by atoms with Gasteiger partial charge in [-0.3, -0.25) is 24.2 Å². The van der Waals surface area contributed by atoms with E-state index in [1.54, 1.807) is 36.7 Å². The van der Waals surface area contributed by atoms with Crippen LogP contribution in [-0.4, -0.2) is 52.7 Å². The van der Waals surface area contributed by atoms with Gasteiger partial charge in [0.05, 0.1) is 24.2 Å². The van der Waals surface area contributed by atoms with Crippen molar-refractivity contribution in [2.45, 2.75) is 39.5 Å². The fourth-order valence-corrected chi connectivity index (χ4v) is 7.65. The summed E-state index contributed by atoms with van der Waals surface area (Å²) in [6.45, 7) is 3.83. The lowest BCUT2D eigenvalue weighted by molar-refractivity contribution is -0.138. The monoisotopic (exact) mass is 838 g/mol. The molecule has 0 spiro atoms. The highest BCUT2D eigenvalue weighted by Gasteiger charge is 2.18. The molecule has 0 atom stereocenters. The number of hydrogen-bond acceptors (Lipinski definition) is 5. The SMILES string of the molecule is Cc1cc(C(N)=O)ccc1-n1c(CCC(=O)O)ccc1-c1ccc(-c2ccncc2)cc1.Cc1cc(C(N)=O)ccc1-n1c(CCC(=O)O)ccc1-c1ccc(-n2cccc2)cc1. The van der Waals surface area contributed by atoms with E-state index in [-0.39, 0.29) is 12.8 Å². The molecule has 0 aliphatic carbocycles. The number of nitrogens with zero attached hydrogens (tertiary/aromatic N) is 4. The standard InChI is InChI=1S/C26H23N3O3.C25H23N3O3/c1-17-16-21(26(27)32)6-9-23(17)29-22(8-11-25(30)31)7-10-24(29)20-4-2-18(3-5-20)19-12-14-28-15-13-19;1-17-16-19(25(26)31)6-11-22(17)28-21(10-13-24(29)30)9-12-23(28)18-4-7-20(8-5-18)27-14-2-3-15-27/h2-7,9-10,12-16H,8,11H2,1H3,(H2,27,32)(H,30,31);2-9,11-12,14-16H,10,13H2,1H3,(H2,26,31)(H,29,30). The summed E-state index contributed by atoms with van der Waals surface area (Å²) >= 11 is 0. The number of carboxylic acids is 2. The van der Waals surface area contributed by atoms with Crippen molar-refractivity contribution in [2.75, 3.05) is 0 Å². The predicted molar refractivity (Wildman–Crippen MR) is 243 cm³/mol. The highest BCUT2D eigenvalue weighted by Crippen LogP contribution is 2.33. The first-order valence-electron chi connectivity index (χ1n) is 20.3. The van der Waals surface area contributed by atoms with E-state index in [1.165, 1.54) is 0 Å². The second-order valence-electron chi connectivity index (χ2n) is 15.1. The summed E-state index contributed by atoms with van der Waals surface area (Å²) in [5.41, 5.74) is 24.2. The number of amides is 2. The Morgan fingerprint density at radius 2 is 0.937 bits per heavy atom. The van der Waals surface area contributed by atoms with Gasteiger partial charge in [0.1, 0.15) is 0 Å². The average molecular weight is 839 g/mol. The number of nitrogens with two attached hydrogens (primary N) is 2. The van der Waals surface area contributed by atoms with E-state index in [0.29, 0.717) is 24.0 Å². The second kappa shape index (κ2) is 19.0. The molecule has 316 valence electrons. The van der Waals surface area contributed by atoms with Crippen LogP contribution >= 0.6 is 0 Å². The minimum atomic E-state index is -0.846. The van der Waals surface area contributed by atoms with Crippen molar-refractivity contribution in [3.05, 3.63) is 192 Å². The Balaban J connectivity index is 0.000000189. The van der Waals surface area contributed by atoms with Crippen molar-refractivity contribution in [3.8, 4) is 50.7 Å². The number of rotatable bonds is 14. The van der Waals surface area contributed by atoms with Gasteiger partial charge in [-0.25, -0.2) is 0 Å². The van der Waals surface area contributed by atoms with E-state index < -0.39 is 23.8 Å². The smallest absolute Gasteiger partial charge is 0.303 e. The lowest BCUT2D eigenvalue weighted by Crippen LogP contribution is -2.12. The molecule has 6 N–H and O–H groups in total. The van der Waals surface area contributed by atoms with Crippen LogP contribution in [-0.2, 0) is 22.4 Å². The molecule has 2 amide bonds. The van der Waals surface area contributed by atoms with Gasteiger partial charge in [-0.1, -0.05) is 36.4 Å². The van der Waals surface area contributed by atoms with Crippen LogP contribution in [0.25, 0.3) is 50.7 Å². The van der Waals surface area contributed by atoms with Crippen molar-refractivity contribution in [2.24, 2.45) is 11.5 Å². The number of aryl methyl sites for hydroxylation is 4. The van der Waals surface area contributed by atoms with E-state index in [2.05, 4.69) is 50.5 Å². The van der Waals surface area contributed by atoms with Crippen molar-refractivity contribution < 1.29 is 29.4 Å². The summed E-state index contributed by atoms with van der Waals surface area (Å²) in [5, 5.41) is 18.4. The molecule has 0 saturated heterocycles. The molecule has 4 aromatic heterocycles. The number of primary amides is 2. The third kappa shape index (κ3) is 9.87. The lowest BCUT2D eigenvalue weighted by Gasteiger charge is -2.17. The van der Waals surface area contributed by atoms with Gasteiger partial charge in [0.25, 0.3) is 0 Å². The molecule has 12 heteroatoms. The maximum atomic E-state index is 11.6. The Labute approximate surface area is 364 Å². The van der Waals surface area contributed by atoms with Gasteiger partial charge in [0.15, 0.2) is 0 Å². The molecule has 0 radical (unpaired) electrons. The van der Waals surface area contributed by atoms with Crippen molar-refractivity contribution in [3.63, 3.8) is 0 Å². The molecule has 0 unspecified atom stereocenters. The maximum Gasteiger partial charge on any atom is 0.303 e. The molecular weight excluding hydrogens is 793 g/mol. The van der Waals surface area contributed by atoms with E-state index in [1.807, 2.05) is 104 Å². The third-order valence-corrected chi connectivity index (χ3v) is 10.8. The van der Waals surface area contributed by atoms with Crippen LogP contribution in [0, 0.1) is 13.8 Å². The van der Waals surface area contributed by atoms with Gasteiger partial charge in [0.2, 0.25) is 11.8 Å². The zero-order valence-electron chi connectivity index (χ0n) is 34.8. The van der Waals surface area contributed by atoms with Crippen LogP contribution in [0.4, 0.5) is 0 Å². The molecule has 0 bridgehead atoms. The van der Waals surface area contributed by atoms with Crippen molar-refractivity contribution in [1.29, 1.82) is 0 Å². The third-order valence-electron chi connectivity index (χ3n) is 10.8. The molecule has 8 rings (SSSR count). The summed E-state index contributed by atoms with van der Waals surface area (Å²) < 4.78 is 6.16. The number of aliphatic carboxylic acids is 2. The average Bonchev–Trinajstić information content (AvgIpc) is 4.07. The first-order chi connectivity index (χ1) is 30.4. The summed E-state index contributed by atoms with van der Waals surface area (Å²) in [6, 6.07) is 42.8. The maximum absolute atomic E-state index is 11.6. The Kier molecular flexibility index (Phi) is 12.9. The Morgan fingerprint density at radius 3 is 1.35 bits per heavy atom. The topological polar surface area (TPSA) is 188 Å². The Morgan fingerprint density at radius 1 is 0.524 bits per heavy atom. The molecule has 8 aromatic rings. The number of benzene rings is 4. The molecule has 12 nitrogen and oxygen atoms in total. The van der Waals surface area contributed by atoms with E-state index >= 15 is 0 Å². The van der Waals surface area contributed by atoms with Crippen LogP contribution in [0.3, 0.4) is 0 Å².